The highest BCUT2D eigenvalue weighted by Gasteiger charge is 2.39. The van der Waals surface area contributed by atoms with Crippen LogP contribution in [0.4, 0.5) is 16.3 Å². The number of rotatable bonds is 6. The highest BCUT2D eigenvalue weighted by atomic mass is 16.6. The quantitative estimate of drug-likeness (QED) is 0.234. The van der Waals surface area contributed by atoms with E-state index in [1.54, 1.807) is 33.2 Å². The Morgan fingerprint density at radius 3 is 2.64 bits per heavy atom. The maximum Gasteiger partial charge on any atom is 0.417 e. The van der Waals surface area contributed by atoms with Gasteiger partial charge >= 0.3 is 6.09 Å². The number of nitrogens with zero attached hydrogens (tertiary/aromatic N) is 5. The van der Waals surface area contributed by atoms with Crippen molar-refractivity contribution in [2.75, 3.05) is 32.6 Å². The molecule has 0 unspecified atom stereocenters. The zero-order valence-electron chi connectivity index (χ0n) is 27.2. The Balaban J connectivity index is 1.33. The van der Waals surface area contributed by atoms with Crippen molar-refractivity contribution in [3.05, 3.63) is 77.3 Å². The van der Waals surface area contributed by atoms with Gasteiger partial charge in [-0.25, -0.2) is 19.7 Å². The molecule has 1 aromatic carbocycles. The van der Waals surface area contributed by atoms with Gasteiger partial charge in [-0.05, 0) is 64.7 Å². The van der Waals surface area contributed by atoms with Crippen LogP contribution in [0.1, 0.15) is 60.8 Å². The molecule has 1 saturated heterocycles. The van der Waals surface area contributed by atoms with Gasteiger partial charge in [0.2, 0.25) is 0 Å². The molecule has 2 amide bonds. The topological polar surface area (TPSA) is 135 Å². The first-order valence-electron chi connectivity index (χ1n) is 15.7. The van der Waals surface area contributed by atoms with Crippen molar-refractivity contribution in [3.63, 3.8) is 0 Å². The number of aliphatic hydroxyl groups is 1. The number of furan rings is 1. The van der Waals surface area contributed by atoms with Crippen LogP contribution in [0, 0.1) is 0 Å². The van der Waals surface area contributed by atoms with E-state index in [0.29, 0.717) is 60.8 Å². The molecule has 2 aliphatic rings. The predicted octanol–water partition coefficient (Wildman–Crippen LogP) is 5.84. The summed E-state index contributed by atoms with van der Waals surface area (Å²) >= 11 is 0. The predicted molar refractivity (Wildman–Crippen MR) is 175 cm³/mol. The first-order valence-corrected chi connectivity index (χ1v) is 15.7. The molecule has 4 aromatic heterocycles. The van der Waals surface area contributed by atoms with Crippen molar-refractivity contribution >= 4 is 40.3 Å². The zero-order chi connectivity index (χ0) is 33.1. The highest BCUT2D eigenvalue weighted by Crippen LogP contribution is 2.40. The van der Waals surface area contributed by atoms with Crippen LogP contribution in [0.15, 0.2) is 59.3 Å². The van der Waals surface area contributed by atoms with Crippen LogP contribution in [0.3, 0.4) is 0 Å². The third kappa shape index (κ3) is 5.62. The number of hydrogen-bond acceptors (Lipinski definition) is 10. The third-order valence-electron chi connectivity index (χ3n) is 8.59. The molecule has 1 fully saturated rings. The van der Waals surface area contributed by atoms with E-state index in [4.69, 9.17) is 18.9 Å². The minimum Gasteiger partial charge on any atom is -0.463 e. The molecule has 12 nitrogen and oxygen atoms in total. The Hall–Kier alpha value is -4.78. The standard InChI is InChI=1S/C35H38N6O6/c1-34(2,3)47-33(43)40-19-22-21(27-18-36-30-11-9-28-26(41(27)30)12-15-46-28)6-8-24(31(22)32(40)42)37-29-10-7-23(25(38-29)20-39(4)5)35(44)13-16-45-17-14-35/h6-12,15,18,44H,13-14,16-17,19-20H2,1-5H3,(H,37,38). The number of aromatic nitrogens is 3. The summed E-state index contributed by atoms with van der Waals surface area (Å²) in [4.78, 5) is 40.1. The van der Waals surface area contributed by atoms with Gasteiger partial charge in [0.15, 0.2) is 5.58 Å². The molecule has 12 heteroatoms. The van der Waals surface area contributed by atoms with Gasteiger partial charge < -0.3 is 29.2 Å². The number of ether oxygens (including phenoxy) is 2. The van der Waals surface area contributed by atoms with Crippen molar-refractivity contribution in [1.82, 2.24) is 24.2 Å². The van der Waals surface area contributed by atoms with Crippen LogP contribution in [0.5, 0.6) is 0 Å². The molecule has 0 saturated carbocycles. The molecule has 0 bridgehead atoms. The molecule has 5 aromatic rings. The number of pyridine rings is 2. The van der Waals surface area contributed by atoms with Crippen molar-refractivity contribution < 1.29 is 28.6 Å². The van der Waals surface area contributed by atoms with E-state index in [-0.39, 0.29) is 6.54 Å². The molecule has 0 atom stereocenters. The molecule has 2 aliphatic heterocycles. The minimum absolute atomic E-state index is 0.0237. The fraction of sp³-hybridized carbons (Fsp3) is 0.371. The molecule has 0 aliphatic carbocycles. The Bertz CT molecular complexity index is 2020. The van der Waals surface area contributed by atoms with E-state index in [1.165, 1.54) is 0 Å². The van der Waals surface area contributed by atoms with Crippen LogP contribution in [0.2, 0.25) is 0 Å². The fourth-order valence-electron chi connectivity index (χ4n) is 6.46. The number of fused-ring (bicyclic) bond motifs is 4. The lowest BCUT2D eigenvalue weighted by atomic mass is 9.85. The van der Waals surface area contributed by atoms with Gasteiger partial charge in [0.05, 0.1) is 52.8 Å². The Labute approximate surface area is 271 Å². The van der Waals surface area contributed by atoms with Gasteiger partial charge in [-0.3, -0.25) is 9.20 Å². The monoisotopic (exact) mass is 638 g/mol. The first-order chi connectivity index (χ1) is 22.4. The maximum absolute atomic E-state index is 14.1. The van der Waals surface area contributed by atoms with Gasteiger partial charge in [0.1, 0.15) is 17.1 Å². The number of amides is 2. The van der Waals surface area contributed by atoms with Crippen LogP contribution in [-0.4, -0.2) is 74.2 Å². The van der Waals surface area contributed by atoms with Crippen LogP contribution >= 0.6 is 0 Å². The van der Waals surface area contributed by atoms with Gasteiger partial charge in [0.25, 0.3) is 5.91 Å². The number of anilines is 2. The molecule has 244 valence electrons. The smallest absolute Gasteiger partial charge is 0.417 e. The lowest BCUT2D eigenvalue weighted by Gasteiger charge is -2.34. The van der Waals surface area contributed by atoms with Crippen molar-refractivity contribution in [2.24, 2.45) is 0 Å². The van der Waals surface area contributed by atoms with Gasteiger partial charge in [-0.15, -0.1) is 0 Å². The molecule has 7 rings (SSSR count). The summed E-state index contributed by atoms with van der Waals surface area (Å²) in [5.41, 5.74) is 4.98. The molecular formula is C35H38N6O6. The van der Waals surface area contributed by atoms with E-state index in [1.807, 2.05) is 65.9 Å². The number of benzene rings is 1. The Morgan fingerprint density at radius 1 is 1.11 bits per heavy atom. The summed E-state index contributed by atoms with van der Waals surface area (Å²) < 4.78 is 18.8. The number of carbonyl (C=O) groups is 2. The van der Waals surface area contributed by atoms with Crippen LogP contribution in [-0.2, 0) is 28.2 Å². The van der Waals surface area contributed by atoms with Gasteiger partial charge in [0, 0.05) is 49.8 Å². The van der Waals surface area contributed by atoms with Crippen LogP contribution in [0.25, 0.3) is 28.0 Å². The second-order valence-electron chi connectivity index (χ2n) is 13.4. The van der Waals surface area contributed by atoms with E-state index in [9.17, 15) is 14.7 Å². The van der Waals surface area contributed by atoms with Gasteiger partial charge in [-0.2, -0.15) is 0 Å². The molecular weight excluding hydrogens is 600 g/mol. The fourth-order valence-corrected chi connectivity index (χ4v) is 6.46. The molecule has 2 N–H and O–H groups in total. The van der Waals surface area contributed by atoms with E-state index in [2.05, 4.69) is 10.3 Å². The second kappa shape index (κ2) is 11.5. The summed E-state index contributed by atoms with van der Waals surface area (Å²) in [5, 5.41) is 14.9. The normalized spacial score (nSPS) is 16.3. The number of imide groups is 1. The average Bonchev–Trinajstić information content (AvgIpc) is 3.74. The Morgan fingerprint density at radius 2 is 1.89 bits per heavy atom. The van der Waals surface area contributed by atoms with E-state index < -0.39 is 23.2 Å². The Kier molecular flexibility index (Phi) is 7.53. The van der Waals surface area contributed by atoms with E-state index in [0.717, 1.165) is 38.6 Å². The van der Waals surface area contributed by atoms with Crippen molar-refractivity contribution in [1.29, 1.82) is 0 Å². The summed E-state index contributed by atoms with van der Waals surface area (Å²) in [7, 11) is 3.90. The van der Waals surface area contributed by atoms with Gasteiger partial charge in [-0.1, -0.05) is 12.1 Å². The maximum atomic E-state index is 14.1. The molecule has 6 heterocycles. The van der Waals surface area contributed by atoms with E-state index >= 15 is 0 Å². The number of imidazole rings is 1. The second-order valence-corrected chi connectivity index (χ2v) is 13.4. The largest absolute Gasteiger partial charge is 0.463 e. The summed E-state index contributed by atoms with van der Waals surface area (Å²) in [5.74, 6) is 0.0390. The lowest BCUT2D eigenvalue weighted by molar-refractivity contribution is -0.0688. The first kappa shape index (κ1) is 30.9. The minimum atomic E-state index is -1.03. The zero-order valence-corrected chi connectivity index (χ0v) is 27.2. The van der Waals surface area contributed by atoms with Crippen molar-refractivity contribution in [2.45, 2.75) is 57.9 Å². The lowest BCUT2D eigenvalue weighted by Crippen LogP contribution is -2.37. The highest BCUT2D eigenvalue weighted by molar-refractivity contribution is 6.11. The average molecular weight is 639 g/mol. The number of hydrogen-bond donors (Lipinski definition) is 2. The summed E-state index contributed by atoms with van der Waals surface area (Å²) in [6, 6.07) is 13.1. The summed E-state index contributed by atoms with van der Waals surface area (Å²) in [6.07, 6.45) is 3.65. The number of nitrogens with one attached hydrogen (secondary N) is 1. The van der Waals surface area contributed by atoms with Crippen LogP contribution < -0.4 is 5.32 Å². The molecule has 0 spiro atoms. The molecule has 0 radical (unpaired) electrons. The third-order valence-corrected chi connectivity index (χ3v) is 8.59. The number of carbonyl (C=O) groups excluding carboxylic acids is 2. The molecule has 47 heavy (non-hydrogen) atoms. The SMILES string of the molecule is CN(C)Cc1nc(Nc2ccc(-c3cnc4ccc5occc5n34)c3c2C(=O)N(C(=O)OC(C)(C)C)C3)ccc1C1(O)CCOCC1. The van der Waals surface area contributed by atoms with Crippen molar-refractivity contribution in [3.8, 4) is 11.3 Å². The summed E-state index contributed by atoms with van der Waals surface area (Å²) in [6.45, 7) is 6.79.